The van der Waals surface area contributed by atoms with Gasteiger partial charge in [0, 0.05) is 31.2 Å². The lowest BCUT2D eigenvalue weighted by atomic mass is 9.85. The molecule has 3 amide bonds. The van der Waals surface area contributed by atoms with E-state index in [1.807, 2.05) is 35.2 Å². The van der Waals surface area contributed by atoms with Crippen molar-refractivity contribution in [1.82, 2.24) is 15.1 Å². The molecule has 1 spiro atoms. The summed E-state index contributed by atoms with van der Waals surface area (Å²) in [4.78, 5) is 44.4. The maximum Gasteiger partial charge on any atom is 0.250 e. The number of carbonyl (C=O) groups is 3. The smallest absolute Gasteiger partial charge is 0.250 e. The standard InChI is InChI=1S/C24H34N4O3/c1-3-18(2)15-25-21(29)16-27-17-28(20-7-5-4-6-8-20)24(23(27)31)11-13-26(14-12-24)22(30)19-9-10-19/h4-8,18-19H,3,9-17H2,1-2H3,(H,25,29)/t18-/m0/s1. The summed E-state index contributed by atoms with van der Waals surface area (Å²) in [6.45, 7) is 6.49. The predicted octanol–water partition coefficient (Wildman–Crippen LogP) is 2.23. The van der Waals surface area contributed by atoms with Gasteiger partial charge in [-0.2, -0.15) is 0 Å². The van der Waals surface area contributed by atoms with Crippen LogP contribution in [0.2, 0.25) is 0 Å². The van der Waals surface area contributed by atoms with Crippen LogP contribution >= 0.6 is 0 Å². The van der Waals surface area contributed by atoms with Crippen molar-refractivity contribution in [2.24, 2.45) is 11.8 Å². The average Bonchev–Trinajstić information content (AvgIpc) is 3.62. The maximum atomic E-state index is 13.6. The molecule has 3 aliphatic rings. The first kappa shape index (κ1) is 21.7. The summed E-state index contributed by atoms with van der Waals surface area (Å²) in [6, 6.07) is 9.94. The Hall–Kier alpha value is -2.57. The Morgan fingerprint density at radius 1 is 1.16 bits per heavy atom. The molecule has 1 aromatic carbocycles. The van der Waals surface area contributed by atoms with Gasteiger partial charge in [-0.25, -0.2) is 0 Å². The van der Waals surface area contributed by atoms with Crippen molar-refractivity contribution >= 4 is 23.4 Å². The first-order chi connectivity index (χ1) is 14.9. The summed E-state index contributed by atoms with van der Waals surface area (Å²) in [5, 5.41) is 2.96. The molecule has 2 heterocycles. The van der Waals surface area contributed by atoms with Crippen LogP contribution < -0.4 is 10.2 Å². The molecule has 1 saturated carbocycles. The van der Waals surface area contributed by atoms with Crippen molar-refractivity contribution in [2.45, 2.75) is 51.5 Å². The molecular formula is C24H34N4O3. The van der Waals surface area contributed by atoms with E-state index in [0.29, 0.717) is 45.1 Å². The van der Waals surface area contributed by atoms with Gasteiger partial charge in [-0.15, -0.1) is 0 Å². The summed E-state index contributed by atoms with van der Waals surface area (Å²) in [6.07, 6.45) is 4.20. The van der Waals surface area contributed by atoms with E-state index in [-0.39, 0.29) is 30.2 Å². The van der Waals surface area contributed by atoms with Crippen LogP contribution in [-0.4, -0.2) is 65.9 Å². The topological polar surface area (TPSA) is 73.0 Å². The molecule has 0 radical (unpaired) electrons. The number of hydrogen-bond acceptors (Lipinski definition) is 4. The molecule has 0 aromatic heterocycles. The van der Waals surface area contributed by atoms with E-state index < -0.39 is 5.54 Å². The van der Waals surface area contributed by atoms with Crippen molar-refractivity contribution in [3.8, 4) is 0 Å². The quantitative estimate of drug-likeness (QED) is 0.726. The van der Waals surface area contributed by atoms with Gasteiger partial charge in [0.25, 0.3) is 5.91 Å². The highest BCUT2D eigenvalue weighted by Gasteiger charge is 2.54. The molecule has 2 saturated heterocycles. The third kappa shape index (κ3) is 4.41. The van der Waals surface area contributed by atoms with E-state index in [2.05, 4.69) is 24.1 Å². The highest BCUT2D eigenvalue weighted by atomic mass is 16.2. The van der Waals surface area contributed by atoms with Crippen LogP contribution in [0.15, 0.2) is 30.3 Å². The molecule has 4 rings (SSSR count). The summed E-state index contributed by atoms with van der Waals surface area (Å²) in [7, 11) is 0. The van der Waals surface area contributed by atoms with Gasteiger partial charge in [0.2, 0.25) is 11.8 Å². The molecule has 0 unspecified atom stereocenters. The number of piperidine rings is 1. The Morgan fingerprint density at radius 3 is 2.45 bits per heavy atom. The molecule has 2 aliphatic heterocycles. The zero-order chi connectivity index (χ0) is 22.0. The van der Waals surface area contributed by atoms with E-state index >= 15 is 0 Å². The van der Waals surface area contributed by atoms with Crippen molar-refractivity contribution in [3.63, 3.8) is 0 Å². The summed E-state index contributed by atoms with van der Waals surface area (Å²) in [5.41, 5.74) is 0.305. The number of likely N-dealkylation sites (tertiary alicyclic amines) is 1. The van der Waals surface area contributed by atoms with Crippen LogP contribution in [0.25, 0.3) is 0 Å². The Bertz CT molecular complexity index is 815. The fourth-order valence-corrected chi connectivity index (χ4v) is 4.67. The van der Waals surface area contributed by atoms with E-state index in [9.17, 15) is 14.4 Å². The molecule has 31 heavy (non-hydrogen) atoms. The Labute approximate surface area is 184 Å². The second kappa shape index (κ2) is 8.89. The lowest BCUT2D eigenvalue weighted by Gasteiger charge is -2.43. The van der Waals surface area contributed by atoms with Crippen LogP contribution in [-0.2, 0) is 14.4 Å². The first-order valence-corrected chi connectivity index (χ1v) is 11.6. The number of hydrogen-bond donors (Lipinski definition) is 1. The minimum atomic E-state index is -0.682. The normalized spacial score (nSPS) is 21.5. The predicted molar refractivity (Wildman–Crippen MR) is 119 cm³/mol. The monoisotopic (exact) mass is 426 g/mol. The Morgan fingerprint density at radius 2 is 1.84 bits per heavy atom. The average molecular weight is 427 g/mol. The van der Waals surface area contributed by atoms with E-state index in [4.69, 9.17) is 0 Å². The molecule has 1 aliphatic carbocycles. The van der Waals surface area contributed by atoms with E-state index in [1.165, 1.54) is 0 Å². The number of carbonyl (C=O) groups excluding carboxylic acids is 3. The molecule has 1 aromatic rings. The molecule has 1 atom stereocenters. The fraction of sp³-hybridized carbons (Fsp3) is 0.625. The van der Waals surface area contributed by atoms with Gasteiger partial charge in [0.15, 0.2) is 0 Å². The van der Waals surface area contributed by atoms with Gasteiger partial charge in [-0.05, 0) is 43.7 Å². The van der Waals surface area contributed by atoms with Crippen molar-refractivity contribution in [2.75, 3.05) is 37.7 Å². The zero-order valence-electron chi connectivity index (χ0n) is 18.7. The summed E-state index contributed by atoms with van der Waals surface area (Å²) >= 11 is 0. The molecule has 7 nitrogen and oxygen atoms in total. The van der Waals surface area contributed by atoms with Crippen molar-refractivity contribution in [3.05, 3.63) is 30.3 Å². The second-order valence-corrected chi connectivity index (χ2v) is 9.36. The fourth-order valence-electron chi connectivity index (χ4n) is 4.67. The Balaban J connectivity index is 1.49. The largest absolute Gasteiger partial charge is 0.354 e. The number of nitrogens with one attached hydrogen (secondary N) is 1. The molecule has 168 valence electrons. The minimum absolute atomic E-state index is 0.00793. The van der Waals surface area contributed by atoms with Gasteiger partial charge < -0.3 is 20.0 Å². The van der Waals surface area contributed by atoms with Gasteiger partial charge in [0.1, 0.15) is 12.1 Å². The zero-order valence-corrected chi connectivity index (χ0v) is 18.7. The van der Waals surface area contributed by atoms with Gasteiger partial charge in [0.05, 0.1) is 6.67 Å². The van der Waals surface area contributed by atoms with Gasteiger partial charge >= 0.3 is 0 Å². The third-order valence-corrected chi connectivity index (χ3v) is 7.09. The third-order valence-electron chi connectivity index (χ3n) is 7.09. The molecule has 0 bridgehead atoms. The van der Waals surface area contributed by atoms with E-state index in [0.717, 1.165) is 24.9 Å². The molecular weight excluding hydrogens is 392 g/mol. The highest BCUT2D eigenvalue weighted by Crippen LogP contribution is 2.40. The number of amides is 3. The lowest BCUT2D eigenvalue weighted by Crippen LogP contribution is -2.57. The van der Waals surface area contributed by atoms with Crippen LogP contribution in [0, 0.1) is 11.8 Å². The lowest BCUT2D eigenvalue weighted by molar-refractivity contribution is -0.140. The SMILES string of the molecule is CC[C@H](C)CNC(=O)CN1CN(c2ccccc2)C2(CCN(C(=O)C3CC3)CC2)C1=O. The molecule has 3 fully saturated rings. The number of para-hydroxylation sites is 1. The summed E-state index contributed by atoms with van der Waals surface area (Å²) in [5.74, 6) is 0.754. The van der Waals surface area contributed by atoms with Crippen molar-refractivity contribution in [1.29, 1.82) is 0 Å². The molecule has 1 N–H and O–H groups in total. The van der Waals surface area contributed by atoms with Crippen LogP contribution in [0.1, 0.15) is 46.0 Å². The maximum absolute atomic E-state index is 13.6. The number of benzene rings is 1. The number of anilines is 1. The van der Waals surface area contributed by atoms with E-state index in [1.54, 1.807) is 4.90 Å². The number of nitrogens with zero attached hydrogens (tertiary/aromatic N) is 3. The Kier molecular flexibility index (Phi) is 6.21. The van der Waals surface area contributed by atoms with Crippen LogP contribution in [0.5, 0.6) is 0 Å². The number of rotatable bonds is 7. The minimum Gasteiger partial charge on any atom is -0.354 e. The second-order valence-electron chi connectivity index (χ2n) is 9.36. The van der Waals surface area contributed by atoms with Crippen molar-refractivity contribution < 1.29 is 14.4 Å². The van der Waals surface area contributed by atoms with Gasteiger partial charge in [-0.1, -0.05) is 38.5 Å². The first-order valence-electron chi connectivity index (χ1n) is 11.6. The van der Waals surface area contributed by atoms with Crippen LogP contribution in [0.4, 0.5) is 5.69 Å². The van der Waals surface area contributed by atoms with Crippen LogP contribution in [0.3, 0.4) is 0 Å². The summed E-state index contributed by atoms with van der Waals surface area (Å²) < 4.78 is 0. The highest BCUT2D eigenvalue weighted by molar-refractivity contribution is 5.96. The van der Waals surface area contributed by atoms with Gasteiger partial charge in [-0.3, -0.25) is 14.4 Å². The molecule has 7 heteroatoms.